The summed E-state index contributed by atoms with van der Waals surface area (Å²) in [5.74, 6) is 0.602. The van der Waals surface area contributed by atoms with Gasteiger partial charge in [0.15, 0.2) is 0 Å². The molecular weight excluding hydrogens is 371 g/mol. The Labute approximate surface area is 134 Å². The van der Waals surface area contributed by atoms with Crippen molar-refractivity contribution in [3.63, 3.8) is 0 Å². The van der Waals surface area contributed by atoms with E-state index in [-0.39, 0.29) is 0 Å². The average molecular weight is 380 g/mol. The molecule has 0 amide bonds. The lowest BCUT2D eigenvalue weighted by atomic mass is 10.2. The molecule has 2 rings (SSSR count). The van der Waals surface area contributed by atoms with E-state index in [9.17, 15) is 0 Å². The Kier molecular flexibility index (Phi) is 4.97. The fraction of sp³-hybridized carbons (Fsp3) is 0.167. The molecule has 2 aromatic rings. The van der Waals surface area contributed by atoms with Gasteiger partial charge in [0, 0.05) is 22.7 Å². The van der Waals surface area contributed by atoms with Crippen LogP contribution in [0.1, 0.15) is 5.69 Å². The van der Waals surface area contributed by atoms with E-state index < -0.39 is 0 Å². The molecule has 100 valence electrons. The van der Waals surface area contributed by atoms with Crippen LogP contribution >= 0.6 is 51.3 Å². The summed E-state index contributed by atoms with van der Waals surface area (Å²) in [6.45, 7) is 0.397. The molecule has 0 fully saturated rings. The first-order valence-corrected chi connectivity index (χ1v) is 7.21. The first kappa shape index (κ1) is 14.9. The van der Waals surface area contributed by atoms with Crippen molar-refractivity contribution in [3.8, 4) is 11.4 Å². The molecule has 0 bridgehead atoms. The van der Waals surface area contributed by atoms with Crippen LogP contribution in [-0.2, 0) is 11.3 Å². The maximum atomic E-state index is 5.99. The van der Waals surface area contributed by atoms with Gasteiger partial charge in [-0.1, -0.05) is 35.4 Å². The number of halogens is 3. The van der Waals surface area contributed by atoms with Crippen LogP contribution in [0.2, 0.25) is 10.0 Å². The van der Waals surface area contributed by atoms with Gasteiger partial charge in [0.1, 0.15) is 10.5 Å². The molecule has 0 atom stereocenters. The molecule has 3 nitrogen and oxygen atoms in total. The van der Waals surface area contributed by atoms with Crippen molar-refractivity contribution in [3.05, 3.63) is 43.1 Å². The summed E-state index contributed by atoms with van der Waals surface area (Å²) in [6.07, 6.45) is 0. The molecule has 0 unspecified atom stereocenters. The molecule has 1 aromatic heterocycles. The van der Waals surface area contributed by atoms with Gasteiger partial charge >= 0.3 is 0 Å². The third-order valence-corrected chi connectivity index (χ3v) is 4.21. The number of hydrogen-bond donors (Lipinski definition) is 1. The maximum Gasteiger partial charge on any atom is 0.144 e. The number of rotatable bonds is 3. The minimum atomic E-state index is 0.397. The number of H-pyrrole nitrogens is 1. The number of methoxy groups -OCH3 is 1. The third kappa shape index (κ3) is 3.55. The second-order valence-corrected chi connectivity index (χ2v) is 5.83. The highest BCUT2D eigenvalue weighted by atomic mass is 79.9. The minimum absolute atomic E-state index is 0.397. The van der Waals surface area contributed by atoms with Crippen LogP contribution in [0.15, 0.2) is 22.7 Å². The molecule has 0 saturated heterocycles. The summed E-state index contributed by atoms with van der Waals surface area (Å²) in [6, 6.07) is 5.20. The van der Waals surface area contributed by atoms with Gasteiger partial charge in [-0.2, -0.15) is 0 Å². The Hall–Kier alpha value is -0.460. The lowest BCUT2D eigenvalue weighted by molar-refractivity contribution is 0.181. The average Bonchev–Trinajstić information content (AvgIpc) is 2.33. The lowest BCUT2D eigenvalue weighted by Crippen LogP contribution is -2.00. The van der Waals surface area contributed by atoms with E-state index in [0.717, 1.165) is 15.7 Å². The molecule has 1 aromatic carbocycles. The molecular formula is C12H9BrCl2N2OS. The number of nitrogens with zero attached hydrogens (tertiary/aromatic N) is 1. The van der Waals surface area contributed by atoms with Crippen LogP contribution in [0.5, 0.6) is 0 Å². The lowest BCUT2D eigenvalue weighted by Gasteiger charge is -2.08. The van der Waals surface area contributed by atoms with E-state index in [1.54, 1.807) is 25.3 Å². The van der Waals surface area contributed by atoms with Gasteiger partial charge in [0.2, 0.25) is 0 Å². The standard InChI is InChI=1S/C12H9BrCl2N2OS/c1-18-5-9-10(13)12(19)17-11(16-9)6-2-7(14)4-8(15)3-6/h2-4H,5H2,1H3,(H,16,17,19). The Morgan fingerprint density at radius 2 is 1.95 bits per heavy atom. The van der Waals surface area contributed by atoms with E-state index in [2.05, 4.69) is 25.9 Å². The van der Waals surface area contributed by atoms with Crippen molar-refractivity contribution in [1.82, 2.24) is 9.97 Å². The fourth-order valence-electron chi connectivity index (χ4n) is 1.58. The largest absolute Gasteiger partial charge is 0.378 e. The fourth-order valence-corrected chi connectivity index (χ4v) is 2.62. The number of ether oxygens (including phenoxy) is 1. The summed E-state index contributed by atoms with van der Waals surface area (Å²) in [5, 5.41) is 1.08. The van der Waals surface area contributed by atoms with Crippen LogP contribution < -0.4 is 0 Å². The summed E-state index contributed by atoms with van der Waals surface area (Å²) < 4.78 is 6.29. The quantitative estimate of drug-likeness (QED) is 0.760. The zero-order valence-electron chi connectivity index (χ0n) is 9.84. The molecule has 0 saturated carbocycles. The van der Waals surface area contributed by atoms with Crippen LogP contribution in [0, 0.1) is 4.64 Å². The van der Waals surface area contributed by atoms with Gasteiger partial charge in [-0.05, 0) is 34.1 Å². The number of hydrogen-bond acceptors (Lipinski definition) is 3. The molecule has 0 spiro atoms. The Bertz CT molecular complexity index is 655. The molecule has 0 aliphatic heterocycles. The van der Waals surface area contributed by atoms with Crippen molar-refractivity contribution < 1.29 is 4.74 Å². The van der Waals surface area contributed by atoms with E-state index in [1.807, 2.05) is 0 Å². The van der Waals surface area contributed by atoms with Gasteiger partial charge in [-0.3, -0.25) is 0 Å². The van der Waals surface area contributed by atoms with Crippen LogP contribution in [-0.4, -0.2) is 17.1 Å². The summed E-state index contributed by atoms with van der Waals surface area (Å²) in [7, 11) is 1.61. The Morgan fingerprint density at radius 3 is 2.53 bits per heavy atom. The van der Waals surface area contributed by atoms with E-state index in [4.69, 9.17) is 40.2 Å². The Morgan fingerprint density at radius 1 is 1.32 bits per heavy atom. The summed E-state index contributed by atoms with van der Waals surface area (Å²) >= 11 is 20.6. The number of aromatic nitrogens is 2. The first-order chi connectivity index (χ1) is 9.01. The normalized spacial score (nSPS) is 10.7. The van der Waals surface area contributed by atoms with Gasteiger partial charge < -0.3 is 9.72 Å². The second kappa shape index (κ2) is 6.33. The zero-order chi connectivity index (χ0) is 14.0. The molecule has 7 heteroatoms. The van der Waals surface area contributed by atoms with E-state index in [1.165, 1.54) is 0 Å². The van der Waals surface area contributed by atoms with Crippen molar-refractivity contribution in [2.45, 2.75) is 6.61 Å². The SMILES string of the molecule is COCc1[nH]c(-c2cc(Cl)cc(Cl)c2)nc(=S)c1Br. The highest BCUT2D eigenvalue weighted by molar-refractivity contribution is 9.10. The highest BCUT2D eigenvalue weighted by Gasteiger charge is 2.09. The number of benzene rings is 1. The minimum Gasteiger partial charge on any atom is -0.378 e. The van der Waals surface area contributed by atoms with Gasteiger partial charge in [-0.25, -0.2) is 4.98 Å². The molecule has 1 N–H and O–H groups in total. The van der Waals surface area contributed by atoms with Crippen molar-refractivity contribution in [2.24, 2.45) is 0 Å². The van der Waals surface area contributed by atoms with Crippen molar-refractivity contribution in [2.75, 3.05) is 7.11 Å². The van der Waals surface area contributed by atoms with Crippen molar-refractivity contribution in [1.29, 1.82) is 0 Å². The van der Waals surface area contributed by atoms with Crippen molar-refractivity contribution >= 4 is 51.3 Å². The number of aromatic amines is 1. The zero-order valence-corrected chi connectivity index (χ0v) is 13.8. The third-order valence-electron chi connectivity index (χ3n) is 2.36. The van der Waals surface area contributed by atoms with Gasteiger partial charge in [0.25, 0.3) is 0 Å². The van der Waals surface area contributed by atoms with Gasteiger partial charge in [0.05, 0.1) is 16.8 Å². The topological polar surface area (TPSA) is 37.9 Å². The smallest absolute Gasteiger partial charge is 0.144 e. The number of nitrogens with one attached hydrogen (secondary N) is 1. The molecule has 0 aliphatic carbocycles. The predicted molar refractivity (Wildman–Crippen MR) is 83.3 cm³/mol. The second-order valence-electron chi connectivity index (χ2n) is 3.77. The Balaban J connectivity index is 2.59. The molecule has 0 aliphatic rings. The molecule has 19 heavy (non-hydrogen) atoms. The maximum absolute atomic E-state index is 5.99. The monoisotopic (exact) mass is 378 g/mol. The molecule has 0 radical (unpaired) electrons. The van der Waals surface area contributed by atoms with Crippen LogP contribution in [0.3, 0.4) is 0 Å². The van der Waals surface area contributed by atoms with E-state index >= 15 is 0 Å². The van der Waals surface area contributed by atoms with E-state index in [0.29, 0.717) is 27.1 Å². The predicted octanol–water partition coefficient (Wildman–Crippen LogP) is 5.02. The molecule has 1 heterocycles. The van der Waals surface area contributed by atoms with Crippen LogP contribution in [0.4, 0.5) is 0 Å². The van der Waals surface area contributed by atoms with Gasteiger partial charge in [-0.15, -0.1) is 0 Å². The highest BCUT2D eigenvalue weighted by Crippen LogP contribution is 2.27. The summed E-state index contributed by atoms with van der Waals surface area (Å²) in [4.78, 5) is 7.47. The first-order valence-electron chi connectivity index (χ1n) is 5.25. The summed E-state index contributed by atoms with van der Waals surface area (Å²) in [5.41, 5.74) is 1.59. The van der Waals surface area contributed by atoms with Crippen LogP contribution in [0.25, 0.3) is 11.4 Å².